The third-order valence-corrected chi connectivity index (χ3v) is 20.4. The summed E-state index contributed by atoms with van der Waals surface area (Å²) in [5.41, 5.74) is 34.3. The molecule has 12 atom stereocenters. The first-order valence-electron chi connectivity index (χ1n) is 31.9. The van der Waals surface area contributed by atoms with Crippen molar-refractivity contribution in [1.29, 1.82) is 0 Å². The number of carbonyl (C=O) groups excluding carboxylic acids is 15. The van der Waals surface area contributed by atoms with E-state index in [1.165, 1.54) is 48.6 Å². The number of aliphatic imine (C=N–C) groups is 1. The van der Waals surface area contributed by atoms with Crippen LogP contribution in [0.1, 0.15) is 69.5 Å². The summed E-state index contributed by atoms with van der Waals surface area (Å²) in [6, 6.07) is -13.8. The molecule has 556 valence electrons. The number of H-pyrrole nitrogens is 1. The van der Waals surface area contributed by atoms with Crippen LogP contribution in [0.2, 0.25) is 0 Å². The van der Waals surface area contributed by atoms with Gasteiger partial charge in [-0.05, 0) is 76.1 Å². The number of imidazole rings is 1. The normalized spacial score (nSPS) is 25.2. The molecule has 4 heterocycles. The van der Waals surface area contributed by atoms with Gasteiger partial charge >= 0.3 is 0 Å². The number of hydrogen-bond donors (Lipinski definition) is 21. The Bertz CT molecular complexity index is 3280. The van der Waals surface area contributed by atoms with Gasteiger partial charge in [0.05, 0.1) is 32.4 Å². The quantitative estimate of drug-likeness (QED) is 0.0253. The average molecular weight is 1490 g/mol. The van der Waals surface area contributed by atoms with Gasteiger partial charge in [0.1, 0.15) is 78.3 Å². The van der Waals surface area contributed by atoms with E-state index in [1.807, 2.05) is 0 Å². The molecule has 101 heavy (non-hydrogen) atoms. The van der Waals surface area contributed by atoms with Gasteiger partial charge in [0.15, 0.2) is 5.96 Å². The first-order chi connectivity index (χ1) is 48.1. The zero-order valence-corrected chi connectivity index (χ0v) is 58.3. The molecule has 3 aliphatic rings. The highest BCUT2D eigenvalue weighted by atomic mass is 33.1. The first kappa shape index (κ1) is 82.5. The molecular formula is C58H88N22O17S4. The molecule has 39 nitrogen and oxygen atoms in total. The van der Waals surface area contributed by atoms with Crippen LogP contribution < -0.4 is 98.2 Å². The fourth-order valence-electron chi connectivity index (χ4n) is 10.1. The van der Waals surface area contributed by atoms with E-state index < -0.39 is 211 Å². The summed E-state index contributed by atoms with van der Waals surface area (Å²) in [5.74, 6) is -17.3. The molecule has 1 aromatic carbocycles. The summed E-state index contributed by atoms with van der Waals surface area (Å²) in [6.07, 6.45) is 1.86. The second kappa shape index (κ2) is 42.2. The molecule has 0 radical (unpaired) electrons. The maximum absolute atomic E-state index is 15.0. The number of nitrogens with two attached hydrogens (primary N) is 6. The van der Waals surface area contributed by atoms with Gasteiger partial charge in [-0.3, -0.25) is 76.9 Å². The van der Waals surface area contributed by atoms with Crippen molar-refractivity contribution in [3.63, 3.8) is 0 Å². The lowest BCUT2D eigenvalue weighted by Crippen LogP contribution is -2.61. The smallest absolute Gasteiger partial charge is 0.246 e. The molecular weight excluding hydrogens is 1410 g/mol. The molecule has 5 rings (SSSR count). The number of fused-ring (bicyclic) bond motifs is 9. The Balaban J connectivity index is 1.65. The maximum atomic E-state index is 15.0. The number of aromatic nitrogens is 2. The topological polar surface area (TPSA) is 641 Å². The van der Waals surface area contributed by atoms with Gasteiger partial charge in [0.25, 0.3) is 0 Å². The van der Waals surface area contributed by atoms with Crippen molar-refractivity contribution < 1.29 is 82.1 Å². The van der Waals surface area contributed by atoms with Crippen LogP contribution in [0.5, 0.6) is 5.75 Å². The van der Waals surface area contributed by atoms with Crippen LogP contribution in [-0.2, 0) is 84.8 Å². The predicted molar refractivity (Wildman–Crippen MR) is 371 cm³/mol. The number of aromatic hydroxyl groups is 1. The molecule has 43 heteroatoms. The van der Waals surface area contributed by atoms with Gasteiger partial charge in [0.2, 0.25) is 88.6 Å². The van der Waals surface area contributed by atoms with E-state index in [0.717, 1.165) is 43.2 Å². The number of benzene rings is 1. The van der Waals surface area contributed by atoms with Crippen molar-refractivity contribution in [3.8, 4) is 5.75 Å². The van der Waals surface area contributed by atoms with Crippen LogP contribution >= 0.6 is 43.2 Å². The van der Waals surface area contributed by atoms with E-state index >= 15 is 0 Å². The van der Waals surface area contributed by atoms with E-state index in [0.29, 0.717) is 17.7 Å². The van der Waals surface area contributed by atoms with Gasteiger partial charge in [-0.2, -0.15) is 0 Å². The number of phenols is 1. The Hall–Kier alpha value is -9.17. The summed E-state index contributed by atoms with van der Waals surface area (Å²) in [6.45, 7) is -1.15. The lowest BCUT2D eigenvalue weighted by atomic mass is 10.0. The number of amides is 15. The molecule has 27 N–H and O–H groups in total. The Morgan fingerprint density at radius 1 is 0.673 bits per heavy atom. The minimum atomic E-state index is -1.89. The average Bonchev–Trinajstić information content (AvgIpc) is 1.74. The van der Waals surface area contributed by atoms with Crippen LogP contribution in [0.25, 0.3) is 0 Å². The zero-order chi connectivity index (χ0) is 74.3. The predicted octanol–water partition coefficient (Wildman–Crippen LogP) is -9.36. The molecule has 15 amide bonds. The molecule has 3 fully saturated rings. The number of aliphatic hydroxyl groups is 1. The van der Waals surface area contributed by atoms with Crippen molar-refractivity contribution in [2.45, 2.75) is 144 Å². The highest BCUT2D eigenvalue weighted by Gasteiger charge is 2.41. The minimum absolute atomic E-state index is 0.00309. The Morgan fingerprint density at radius 2 is 1.30 bits per heavy atom. The van der Waals surface area contributed by atoms with Crippen LogP contribution in [0, 0.1) is 0 Å². The number of phenolic OH excluding ortho intramolecular Hbond substituents is 1. The largest absolute Gasteiger partial charge is 0.508 e. The van der Waals surface area contributed by atoms with E-state index in [2.05, 4.69) is 78.8 Å². The minimum Gasteiger partial charge on any atom is -0.508 e. The van der Waals surface area contributed by atoms with Gasteiger partial charge in [-0.15, -0.1) is 0 Å². The maximum Gasteiger partial charge on any atom is 0.246 e. The number of carbonyl (C=O) groups is 15. The van der Waals surface area contributed by atoms with Crippen molar-refractivity contribution in [3.05, 3.63) is 48.0 Å². The number of nitrogens with one attached hydrogen (secondary N) is 13. The van der Waals surface area contributed by atoms with Crippen molar-refractivity contribution in [2.24, 2.45) is 39.4 Å². The number of guanidine groups is 1. The summed E-state index contributed by atoms with van der Waals surface area (Å²) in [4.78, 5) is 223. The molecule has 0 saturated carbocycles. The number of nitrogens with zero attached hydrogens (tertiary/aromatic N) is 3. The summed E-state index contributed by atoms with van der Waals surface area (Å²) in [5, 5.41) is 50.4. The first-order valence-corrected chi connectivity index (χ1v) is 36.9. The van der Waals surface area contributed by atoms with E-state index in [4.69, 9.17) is 34.4 Å². The molecule has 0 aliphatic carbocycles. The van der Waals surface area contributed by atoms with E-state index in [-0.39, 0.29) is 82.0 Å². The number of rotatable bonds is 20. The highest BCUT2D eigenvalue weighted by molar-refractivity contribution is 8.77. The van der Waals surface area contributed by atoms with E-state index in [1.54, 1.807) is 0 Å². The number of unbranched alkanes of at least 4 members (excludes halogenated alkanes) is 1. The second-order valence-corrected chi connectivity index (χ2v) is 28.5. The third kappa shape index (κ3) is 27.7. The lowest BCUT2D eigenvalue weighted by Gasteiger charge is -2.31. The summed E-state index contributed by atoms with van der Waals surface area (Å²) in [7, 11) is 3.36. The Kier molecular flexibility index (Phi) is 34.4. The zero-order valence-electron chi connectivity index (χ0n) is 55.0. The SMILES string of the molecule is C[C@@H]1NC(=O)[C@@H]2CCCN2C(=O)[C@H](Cc2cnc[nH]2)NC(=O)[C@@H]2CSSC[C@@H](C(N)=O)NC(=O)[C@H](CO)NC(=O)[C@H](Cc3ccc(O)cc3)NC(=O)[C@H](CC(N)=O)NC(=O)[C@H](CCCCN)NC(=O)CNC(=O)[C@H](CSSC[C@H](NC(=O)[C@H](CCCN=C(N)N)NC(=O)CN)C(=O)N2)NC1=O. The van der Waals surface area contributed by atoms with Crippen LogP contribution in [-0.4, -0.2) is 254 Å². The fourth-order valence-corrected chi connectivity index (χ4v) is 14.8. The summed E-state index contributed by atoms with van der Waals surface area (Å²) >= 11 is 0. The van der Waals surface area contributed by atoms with E-state index in [9.17, 15) is 82.1 Å². The second-order valence-electron chi connectivity index (χ2n) is 23.3. The fraction of sp³-hybridized carbons (Fsp3) is 0.569. The monoisotopic (exact) mass is 1490 g/mol. The molecule has 1 aromatic heterocycles. The van der Waals surface area contributed by atoms with Crippen molar-refractivity contribution in [2.75, 3.05) is 62.3 Å². The molecule has 2 bridgehead atoms. The lowest BCUT2D eigenvalue weighted by molar-refractivity contribution is -0.142. The molecule has 0 spiro atoms. The number of aliphatic hydroxyl groups excluding tert-OH is 1. The van der Waals surface area contributed by atoms with Crippen LogP contribution in [0.3, 0.4) is 0 Å². The van der Waals surface area contributed by atoms with Gasteiger partial charge < -0.3 is 118 Å². The van der Waals surface area contributed by atoms with Crippen LogP contribution in [0.15, 0.2) is 41.8 Å². The van der Waals surface area contributed by atoms with Gasteiger partial charge in [-0.25, -0.2) is 4.98 Å². The van der Waals surface area contributed by atoms with Gasteiger partial charge in [0, 0.05) is 60.8 Å². The Morgan fingerprint density at radius 3 is 1.94 bits per heavy atom. The molecule has 2 aromatic rings. The third-order valence-electron chi connectivity index (χ3n) is 15.5. The molecule has 3 aliphatic heterocycles. The summed E-state index contributed by atoms with van der Waals surface area (Å²) < 4.78 is 0. The number of hydrogen-bond acceptors (Lipinski definition) is 25. The number of aromatic amines is 1. The Labute approximate surface area is 594 Å². The highest BCUT2D eigenvalue weighted by Crippen LogP contribution is 2.27. The van der Waals surface area contributed by atoms with Crippen LogP contribution in [0.4, 0.5) is 0 Å². The molecule has 3 saturated heterocycles. The van der Waals surface area contributed by atoms with Crippen molar-refractivity contribution in [1.82, 2.24) is 78.7 Å². The standard InChI is InChI=1S/C58H88N22O17S4/c1-28-47(87)77-39-24-99-101-26-41(78-50(90)33(70-44(84)19-60)7-4-14-66-58(63)64)55(95)79-40(54(94)74-36(17-30-20-65-27-68-30)57(97)80-15-5-8-42(80)56(96)69-28)25-100-98-23-38(46(62)86)76-53(93)37(22-81)75-51(91)34(16-29-9-11-31(82)12-10-29)72-52(92)35(18-43(61)83)73-49(89)32(6-2-3-13-59)71-45(85)21-67-48(39)88/h9-12,20,27-28,32-42,81-82H,2-8,13-19,21-26,59-60H2,1H3,(H2,61,83)(H2,62,86)(H,65,68)(H,67,88)(H,69,96)(H,70,84)(H,71,85)(H,72,92)(H,73,89)(H,74,94)(H,75,91)(H,76,93)(H,77,87)(H,78,90)(H,79,95)(H4,63,64,66)/t28-,32-,33-,34-,35-,36-,37-,38-,39-,40-,41-,42-/m0/s1. The number of primary amides is 2. The van der Waals surface area contributed by atoms with Gasteiger partial charge in [-0.1, -0.05) is 55.3 Å². The molecule has 0 unspecified atom stereocenters. The van der Waals surface area contributed by atoms with Crippen molar-refractivity contribution >= 4 is 138 Å².